The molecule has 10 heteroatoms. The van der Waals surface area contributed by atoms with E-state index in [-0.39, 0.29) is 24.7 Å². The number of nitrogens with one attached hydrogen (secondary N) is 4. The first kappa shape index (κ1) is 34.1. The lowest BCUT2D eigenvalue weighted by Crippen LogP contribution is -2.42. The Hall–Kier alpha value is -4.08. The van der Waals surface area contributed by atoms with Gasteiger partial charge in [0.25, 0.3) is 11.8 Å². The molecule has 0 heterocycles. The normalized spacial score (nSPS) is 10.4. The highest BCUT2D eigenvalue weighted by Gasteiger charge is 2.10. The fourth-order valence-electron chi connectivity index (χ4n) is 3.94. The predicted octanol–water partition coefficient (Wildman–Crippen LogP) is 5.39. The highest BCUT2D eigenvalue weighted by atomic mass is 16.5. The van der Waals surface area contributed by atoms with E-state index >= 15 is 0 Å². The van der Waals surface area contributed by atoms with E-state index in [2.05, 4.69) is 35.6 Å². The maximum absolute atomic E-state index is 12.3. The van der Waals surface area contributed by atoms with Gasteiger partial charge >= 0.3 is 0 Å². The number of carbonyl (C=O) groups excluding carboxylic acids is 4. The third kappa shape index (κ3) is 14.5. The van der Waals surface area contributed by atoms with Crippen LogP contribution in [0, 0.1) is 0 Å². The molecule has 2 rings (SSSR count). The minimum absolute atomic E-state index is 0.137. The summed E-state index contributed by atoms with van der Waals surface area (Å²) >= 11 is 0. The van der Waals surface area contributed by atoms with Crippen LogP contribution >= 0.6 is 0 Å². The molecule has 0 aliphatic rings. The summed E-state index contributed by atoms with van der Waals surface area (Å²) in [6.07, 6.45) is 10.1. The Morgan fingerprint density at radius 2 is 0.881 bits per heavy atom. The minimum Gasteiger partial charge on any atom is -0.494 e. The molecule has 0 aliphatic heterocycles. The average Bonchev–Trinajstić information content (AvgIpc) is 3.01. The van der Waals surface area contributed by atoms with Crippen molar-refractivity contribution in [2.24, 2.45) is 0 Å². The number of ether oxygens (including phenoxy) is 2. The summed E-state index contributed by atoms with van der Waals surface area (Å²) in [6.45, 7) is 5.60. The standard InChI is InChI=1S/C32H46N4O6/c1-3-5-7-11-23-41-27-19-15-25(16-20-27)31(39)35-33-29(37)13-9-10-14-30(38)34-36-32(40)26-17-21-28(22-18-26)42-24-12-8-6-4-2/h15-22H,3-14,23-24H2,1-2H3,(H,33,37)(H,34,38)(H,35,39)(H,36,40). The van der Waals surface area contributed by atoms with Crippen molar-refractivity contribution in [3.63, 3.8) is 0 Å². The lowest BCUT2D eigenvalue weighted by atomic mass is 10.2. The third-order valence-electron chi connectivity index (χ3n) is 6.45. The number of hydrogen-bond acceptors (Lipinski definition) is 6. The number of rotatable bonds is 19. The highest BCUT2D eigenvalue weighted by Crippen LogP contribution is 2.14. The van der Waals surface area contributed by atoms with E-state index in [9.17, 15) is 19.2 Å². The molecule has 2 aromatic rings. The summed E-state index contributed by atoms with van der Waals surface area (Å²) < 4.78 is 11.3. The zero-order valence-electron chi connectivity index (χ0n) is 25.0. The van der Waals surface area contributed by atoms with Gasteiger partial charge in [-0.15, -0.1) is 0 Å². The maximum atomic E-state index is 12.3. The monoisotopic (exact) mass is 582 g/mol. The minimum atomic E-state index is -0.433. The SMILES string of the molecule is CCCCCCOc1ccc(C(=O)NNC(=O)CCCCC(=O)NNC(=O)c2ccc(OCCCCCC)cc2)cc1. The van der Waals surface area contributed by atoms with E-state index in [0.29, 0.717) is 48.7 Å². The van der Waals surface area contributed by atoms with E-state index in [1.165, 1.54) is 25.7 Å². The van der Waals surface area contributed by atoms with Crippen molar-refractivity contribution < 1.29 is 28.7 Å². The van der Waals surface area contributed by atoms with Crippen LogP contribution in [0.15, 0.2) is 48.5 Å². The molecule has 0 saturated heterocycles. The number of carbonyl (C=O) groups is 4. The molecule has 10 nitrogen and oxygen atoms in total. The van der Waals surface area contributed by atoms with Crippen LogP contribution in [0.1, 0.15) is 112 Å². The molecule has 0 saturated carbocycles. The zero-order valence-corrected chi connectivity index (χ0v) is 25.0. The molecule has 4 N–H and O–H groups in total. The highest BCUT2D eigenvalue weighted by molar-refractivity contribution is 5.96. The van der Waals surface area contributed by atoms with Gasteiger partial charge in [-0.25, -0.2) is 0 Å². The summed E-state index contributed by atoms with van der Waals surface area (Å²) in [5.74, 6) is -0.198. The molecule has 0 atom stereocenters. The molecule has 0 aromatic heterocycles. The van der Waals surface area contributed by atoms with E-state index in [1.54, 1.807) is 48.5 Å². The van der Waals surface area contributed by atoms with Gasteiger partial charge in [-0.3, -0.25) is 40.9 Å². The van der Waals surface area contributed by atoms with Crippen LogP contribution in [0.2, 0.25) is 0 Å². The molecule has 0 unspecified atom stereocenters. The number of amides is 4. The number of unbranched alkanes of at least 4 members (excludes halogenated alkanes) is 7. The topological polar surface area (TPSA) is 135 Å². The van der Waals surface area contributed by atoms with Gasteiger partial charge in [0.05, 0.1) is 13.2 Å². The van der Waals surface area contributed by atoms with Gasteiger partial charge in [-0.1, -0.05) is 52.4 Å². The van der Waals surface area contributed by atoms with Crippen molar-refractivity contribution in [1.29, 1.82) is 0 Å². The predicted molar refractivity (Wildman–Crippen MR) is 162 cm³/mol. The van der Waals surface area contributed by atoms with E-state index in [1.807, 2.05) is 0 Å². The molecule has 2 aromatic carbocycles. The second-order valence-electron chi connectivity index (χ2n) is 10.1. The van der Waals surface area contributed by atoms with Crippen molar-refractivity contribution in [2.45, 2.75) is 90.9 Å². The average molecular weight is 583 g/mol. The molecule has 0 radical (unpaired) electrons. The molecular formula is C32H46N4O6. The summed E-state index contributed by atoms with van der Waals surface area (Å²) in [5.41, 5.74) is 10.3. The molecule has 0 fully saturated rings. The number of benzene rings is 2. The second kappa shape index (κ2) is 20.7. The van der Waals surface area contributed by atoms with Crippen LogP contribution in [0.25, 0.3) is 0 Å². The lowest BCUT2D eigenvalue weighted by Gasteiger charge is -2.10. The molecular weight excluding hydrogens is 536 g/mol. The van der Waals surface area contributed by atoms with Gasteiger partial charge in [0.1, 0.15) is 11.5 Å². The Balaban J connectivity index is 1.55. The molecule has 0 spiro atoms. The van der Waals surface area contributed by atoms with Gasteiger partial charge in [-0.05, 0) is 74.2 Å². The number of hydrazine groups is 2. The largest absolute Gasteiger partial charge is 0.494 e. The smallest absolute Gasteiger partial charge is 0.269 e. The Morgan fingerprint density at radius 1 is 0.500 bits per heavy atom. The van der Waals surface area contributed by atoms with Crippen LogP contribution in [-0.4, -0.2) is 36.8 Å². The molecule has 0 aliphatic carbocycles. The Morgan fingerprint density at radius 3 is 1.24 bits per heavy atom. The molecule has 0 bridgehead atoms. The van der Waals surface area contributed by atoms with Gasteiger partial charge < -0.3 is 9.47 Å². The molecule has 230 valence electrons. The van der Waals surface area contributed by atoms with Gasteiger partial charge in [0.15, 0.2) is 0 Å². The first-order valence-electron chi connectivity index (χ1n) is 15.1. The van der Waals surface area contributed by atoms with Crippen molar-refractivity contribution >= 4 is 23.6 Å². The number of hydrogen-bond donors (Lipinski definition) is 4. The van der Waals surface area contributed by atoms with E-state index in [0.717, 1.165) is 25.7 Å². The fourth-order valence-corrected chi connectivity index (χ4v) is 3.94. The summed E-state index contributed by atoms with van der Waals surface area (Å²) in [6, 6.07) is 13.5. The summed E-state index contributed by atoms with van der Waals surface area (Å²) in [4.78, 5) is 48.7. The quantitative estimate of drug-likeness (QED) is 0.130. The van der Waals surface area contributed by atoms with Crippen LogP contribution in [-0.2, 0) is 9.59 Å². The molecule has 4 amide bonds. The summed E-state index contributed by atoms with van der Waals surface area (Å²) in [7, 11) is 0. The Bertz CT molecular complexity index is 1000. The Kier molecular flexibility index (Phi) is 16.9. The first-order valence-corrected chi connectivity index (χ1v) is 15.1. The lowest BCUT2D eigenvalue weighted by molar-refractivity contribution is -0.123. The van der Waals surface area contributed by atoms with Crippen molar-refractivity contribution in [3.8, 4) is 11.5 Å². The van der Waals surface area contributed by atoms with E-state index < -0.39 is 11.8 Å². The van der Waals surface area contributed by atoms with Gasteiger partial charge in [-0.2, -0.15) is 0 Å². The van der Waals surface area contributed by atoms with Crippen LogP contribution in [0.5, 0.6) is 11.5 Å². The first-order chi connectivity index (χ1) is 20.4. The molecule has 42 heavy (non-hydrogen) atoms. The van der Waals surface area contributed by atoms with Gasteiger partial charge in [0, 0.05) is 24.0 Å². The van der Waals surface area contributed by atoms with Crippen LogP contribution in [0.4, 0.5) is 0 Å². The van der Waals surface area contributed by atoms with Crippen LogP contribution < -0.4 is 31.2 Å². The van der Waals surface area contributed by atoms with E-state index in [4.69, 9.17) is 9.47 Å². The third-order valence-corrected chi connectivity index (χ3v) is 6.45. The van der Waals surface area contributed by atoms with Gasteiger partial charge in [0.2, 0.25) is 11.8 Å². The van der Waals surface area contributed by atoms with Crippen molar-refractivity contribution in [3.05, 3.63) is 59.7 Å². The fraction of sp³-hybridized carbons (Fsp3) is 0.500. The van der Waals surface area contributed by atoms with Crippen molar-refractivity contribution in [1.82, 2.24) is 21.7 Å². The second-order valence-corrected chi connectivity index (χ2v) is 10.1. The zero-order chi connectivity index (χ0) is 30.4. The van der Waals surface area contributed by atoms with Crippen LogP contribution in [0.3, 0.4) is 0 Å². The Labute approximate surface area is 249 Å². The van der Waals surface area contributed by atoms with Crippen molar-refractivity contribution in [2.75, 3.05) is 13.2 Å². The summed E-state index contributed by atoms with van der Waals surface area (Å²) in [5, 5.41) is 0. The maximum Gasteiger partial charge on any atom is 0.269 e.